The van der Waals surface area contributed by atoms with E-state index < -0.39 is 18.8 Å². The summed E-state index contributed by atoms with van der Waals surface area (Å²) in [6.45, 7) is 4.97. The van der Waals surface area contributed by atoms with E-state index in [0.717, 1.165) is 0 Å². The zero-order valence-electron chi connectivity index (χ0n) is 8.31. The van der Waals surface area contributed by atoms with Crippen molar-refractivity contribution in [3.63, 3.8) is 0 Å². The van der Waals surface area contributed by atoms with Gasteiger partial charge in [-0.1, -0.05) is 0 Å². The van der Waals surface area contributed by atoms with E-state index in [-0.39, 0.29) is 5.54 Å². The van der Waals surface area contributed by atoms with Gasteiger partial charge in [0.15, 0.2) is 6.10 Å². The molecule has 5 heteroatoms. The summed E-state index contributed by atoms with van der Waals surface area (Å²) in [6.07, 6.45) is -6.80. The topological polar surface area (TPSA) is 23.5 Å². The molecule has 0 rings (SSSR count). The number of hydrogen-bond acceptors (Lipinski definition) is 2. The van der Waals surface area contributed by atoms with E-state index in [1.54, 1.807) is 27.8 Å². The van der Waals surface area contributed by atoms with E-state index in [0.29, 0.717) is 0 Å². The second-order valence-corrected chi connectivity index (χ2v) is 4.11. The van der Waals surface area contributed by atoms with Crippen LogP contribution in [0.25, 0.3) is 0 Å². The van der Waals surface area contributed by atoms with Crippen LogP contribution in [-0.4, -0.2) is 41.4 Å². The van der Waals surface area contributed by atoms with Crippen LogP contribution in [0.3, 0.4) is 0 Å². The Labute approximate surface area is 76.3 Å². The number of aliphatic hydroxyl groups excluding tert-OH is 1. The first-order valence-corrected chi connectivity index (χ1v) is 4.01. The summed E-state index contributed by atoms with van der Waals surface area (Å²) in [6, 6.07) is 0. The zero-order valence-corrected chi connectivity index (χ0v) is 8.31. The molecule has 0 aromatic rings. The lowest BCUT2D eigenvalue weighted by Gasteiger charge is -2.33. The largest absolute Gasteiger partial charge is 0.415 e. The first-order valence-electron chi connectivity index (χ1n) is 4.01. The number of halogens is 3. The van der Waals surface area contributed by atoms with Crippen LogP contribution < -0.4 is 0 Å². The molecule has 0 aliphatic rings. The van der Waals surface area contributed by atoms with E-state index >= 15 is 0 Å². The monoisotopic (exact) mass is 199 g/mol. The minimum absolute atomic E-state index is 0.369. The molecule has 80 valence electrons. The number of rotatable bonds is 2. The maximum Gasteiger partial charge on any atom is 0.415 e. The van der Waals surface area contributed by atoms with Crippen molar-refractivity contribution in [2.45, 2.75) is 38.6 Å². The molecule has 0 saturated carbocycles. The summed E-state index contributed by atoms with van der Waals surface area (Å²) in [5, 5.41) is 8.75. The summed E-state index contributed by atoms with van der Waals surface area (Å²) < 4.78 is 35.8. The van der Waals surface area contributed by atoms with Crippen LogP contribution in [0.2, 0.25) is 0 Å². The normalized spacial score (nSPS) is 16.4. The number of alkyl halides is 3. The van der Waals surface area contributed by atoms with Crippen molar-refractivity contribution in [1.82, 2.24) is 4.90 Å². The highest BCUT2D eigenvalue weighted by Gasteiger charge is 2.39. The zero-order chi connectivity index (χ0) is 10.9. The van der Waals surface area contributed by atoms with E-state index in [1.165, 1.54) is 4.90 Å². The van der Waals surface area contributed by atoms with Gasteiger partial charge < -0.3 is 5.11 Å². The Balaban J connectivity index is 4.15. The Morgan fingerprint density at radius 1 is 1.23 bits per heavy atom. The minimum Gasteiger partial charge on any atom is -0.382 e. The predicted octanol–water partition coefficient (Wildman–Crippen LogP) is 1.64. The third-order valence-corrected chi connectivity index (χ3v) is 1.97. The highest BCUT2D eigenvalue weighted by Crippen LogP contribution is 2.22. The Bertz CT molecular complexity index is 144. The molecule has 0 fully saturated rings. The van der Waals surface area contributed by atoms with Gasteiger partial charge in [-0.2, -0.15) is 13.2 Å². The number of hydrogen-bond donors (Lipinski definition) is 1. The van der Waals surface area contributed by atoms with Gasteiger partial charge in [-0.15, -0.1) is 0 Å². The molecule has 2 nitrogen and oxygen atoms in total. The molecular formula is C8H16F3NO. The van der Waals surface area contributed by atoms with Crippen LogP contribution >= 0.6 is 0 Å². The Hall–Kier alpha value is -0.290. The van der Waals surface area contributed by atoms with Gasteiger partial charge in [0.05, 0.1) is 0 Å². The van der Waals surface area contributed by atoms with Crippen LogP contribution in [0.1, 0.15) is 20.8 Å². The molecule has 0 radical (unpaired) electrons. The van der Waals surface area contributed by atoms with Crippen molar-refractivity contribution in [3.8, 4) is 0 Å². The number of likely N-dealkylation sites (N-methyl/N-ethyl adjacent to an activating group) is 1. The van der Waals surface area contributed by atoms with Crippen molar-refractivity contribution < 1.29 is 18.3 Å². The lowest BCUT2D eigenvalue weighted by atomic mass is 10.1. The first kappa shape index (κ1) is 12.7. The average Bonchev–Trinajstić information content (AvgIpc) is 1.82. The third kappa shape index (κ3) is 4.47. The van der Waals surface area contributed by atoms with Gasteiger partial charge in [0, 0.05) is 12.1 Å². The van der Waals surface area contributed by atoms with Crippen LogP contribution in [-0.2, 0) is 0 Å². The summed E-state index contributed by atoms with van der Waals surface area (Å²) in [5.41, 5.74) is -0.369. The molecule has 1 atom stereocenters. The van der Waals surface area contributed by atoms with Crippen LogP contribution in [0, 0.1) is 0 Å². The molecule has 0 amide bonds. The van der Waals surface area contributed by atoms with Crippen molar-refractivity contribution in [3.05, 3.63) is 0 Å². The molecule has 0 bridgehead atoms. The van der Waals surface area contributed by atoms with Gasteiger partial charge in [0.25, 0.3) is 0 Å². The second-order valence-electron chi connectivity index (χ2n) is 4.11. The SMILES string of the molecule is CN(C[C@@H](O)C(F)(F)F)C(C)(C)C. The fourth-order valence-corrected chi connectivity index (χ4v) is 0.637. The fraction of sp³-hybridized carbons (Fsp3) is 1.00. The molecule has 0 unspecified atom stereocenters. The Morgan fingerprint density at radius 2 is 1.62 bits per heavy atom. The average molecular weight is 199 g/mol. The summed E-state index contributed by atoms with van der Waals surface area (Å²) in [4.78, 5) is 1.46. The third-order valence-electron chi connectivity index (χ3n) is 1.97. The first-order chi connectivity index (χ1) is 5.55. The van der Waals surface area contributed by atoms with Crippen molar-refractivity contribution in [1.29, 1.82) is 0 Å². The molecule has 0 heterocycles. The van der Waals surface area contributed by atoms with E-state index in [2.05, 4.69) is 0 Å². The van der Waals surface area contributed by atoms with E-state index in [9.17, 15) is 13.2 Å². The molecule has 0 aromatic heterocycles. The Kier molecular flexibility index (Phi) is 3.75. The second kappa shape index (κ2) is 3.84. The predicted molar refractivity (Wildman–Crippen MR) is 44.4 cm³/mol. The smallest absolute Gasteiger partial charge is 0.382 e. The van der Waals surface area contributed by atoms with Gasteiger partial charge >= 0.3 is 6.18 Å². The van der Waals surface area contributed by atoms with Crippen molar-refractivity contribution >= 4 is 0 Å². The van der Waals surface area contributed by atoms with Crippen LogP contribution in [0.15, 0.2) is 0 Å². The summed E-state index contributed by atoms with van der Waals surface area (Å²) >= 11 is 0. The lowest BCUT2D eigenvalue weighted by molar-refractivity contribution is -0.209. The van der Waals surface area contributed by atoms with Gasteiger partial charge in [-0.3, -0.25) is 4.90 Å². The molecule has 1 N–H and O–H groups in total. The van der Waals surface area contributed by atoms with Gasteiger partial charge in [0.1, 0.15) is 0 Å². The van der Waals surface area contributed by atoms with Crippen LogP contribution in [0.5, 0.6) is 0 Å². The van der Waals surface area contributed by atoms with E-state index in [1.807, 2.05) is 0 Å². The standard InChI is InChI=1S/C8H16F3NO/c1-7(2,3)12(4)5-6(13)8(9,10)11/h6,13H,5H2,1-4H3/t6-/m1/s1. The summed E-state index contributed by atoms with van der Waals surface area (Å²) in [5.74, 6) is 0. The molecule has 0 spiro atoms. The molecule has 0 aromatic carbocycles. The maximum atomic E-state index is 11.9. The van der Waals surface area contributed by atoms with Crippen LogP contribution in [0.4, 0.5) is 13.2 Å². The maximum absolute atomic E-state index is 11.9. The van der Waals surface area contributed by atoms with E-state index in [4.69, 9.17) is 5.11 Å². The quantitative estimate of drug-likeness (QED) is 0.730. The van der Waals surface area contributed by atoms with Gasteiger partial charge in [-0.05, 0) is 27.8 Å². The molecule has 0 saturated heterocycles. The van der Waals surface area contributed by atoms with Gasteiger partial charge in [-0.25, -0.2) is 0 Å². The van der Waals surface area contributed by atoms with Crippen molar-refractivity contribution in [2.24, 2.45) is 0 Å². The Morgan fingerprint density at radius 3 is 1.85 bits per heavy atom. The molecule has 0 aliphatic heterocycles. The van der Waals surface area contributed by atoms with Crippen molar-refractivity contribution in [2.75, 3.05) is 13.6 Å². The minimum atomic E-state index is -4.53. The number of β-amino-alcohol motifs (C(OH)–C–C–N with tert-alkyl or cyclic N) is 1. The highest BCUT2D eigenvalue weighted by atomic mass is 19.4. The molecule has 0 aliphatic carbocycles. The van der Waals surface area contributed by atoms with Gasteiger partial charge in [0.2, 0.25) is 0 Å². The summed E-state index contributed by atoms with van der Waals surface area (Å²) in [7, 11) is 1.55. The molecular weight excluding hydrogens is 183 g/mol. The highest BCUT2D eigenvalue weighted by molar-refractivity contribution is 4.77. The molecule has 13 heavy (non-hydrogen) atoms. The number of nitrogens with zero attached hydrogens (tertiary/aromatic N) is 1. The number of aliphatic hydroxyl groups is 1. The lowest BCUT2D eigenvalue weighted by Crippen LogP contribution is -2.46. The fourth-order valence-electron chi connectivity index (χ4n) is 0.637.